The quantitative estimate of drug-likeness (QED) is 0.621. The highest BCUT2D eigenvalue weighted by Gasteiger charge is 2.23. The van der Waals surface area contributed by atoms with Crippen LogP contribution in [0.3, 0.4) is 0 Å². The number of carbonyl (C=O) groups excluding carboxylic acids is 1. The van der Waals surface area contributed by atoms with Crippen LogP contribution in [0.15, 0.2) is 18.2 Å². The van der Waals surface area contributed by atoms with Crippen molar-refractivity contribution in [2.75, 3.05) is 18.2 Å². The Morgan fingerprint density at radius 3 is 2.53 bits per heavy atom. The van der Waals surface area contributed by atoms with Crippen LogP contribution in [-0.2, 0) is 9.53 Å². The largest absolute Gasteiger partial charge is 0.467 e. The number of nitrogens with one attached hydrogen (secondary N) is 1. The number of ether oxygens (including phenoxy) is 1. The number of rotatable bonds is 4. The monoisotopic (exact) mass is 236 g/mol. The molecule has 0 aliphatic carbocycles. The number of benzene rings is 1. The molecule has 0 amide bonds. The van der Waals surface area contributed by atoms with Crippen LogP contribution < -0.4 is 11.1 Å². The Bertz CT molecular complexity index is 382. The summed E-state index contributed by atoms with van der Waals surface area (Å²) in [6.07, 6.45) is 0. The lowest BCUT2D eigenvalue weighted by Crippen LogP contribution is -2.35. The van der Waals surface area contributed by atoms with Gasteiger partial charge >= 0.3 is 5.97 Å². The zero-order valence-electron chi connectivity index (χ0n) is 10.8. The van der Waals surface area contributed by atoms with E-state index in [1.807, 2.05) is 39.0 Å². The van der Waals surface area contributed by atoms with Crippen molar-refractivity contribution in [2.24, 2.45) is 5.92 Å². The third kappa shape index (κ3) is 3.12. The molecule has 3 N–H and O–H groups in total. The number of anilines is 2. The summed E-state index contributed by atoms with van der Waals surface area (Å²) in [5.41, 5.74) is 8.35. The fourth-order valence-corrected chi connectivity index (χ4v) is 1.67. The molecule has 1 aromatic rings. The summed E-state index contributed by atoms with van der Waals surface area (Å²) < 4.78 is 4.78. The molecule has 0 spiro atoms. The molecule has 0 radical (unpaired) electrons. The van der Waals surface area contributed by atoms with E-state index in [1.54, 1.807) is 0 Å². The number of hydrogen-bond donors (Lipinski definition) is 2. The van der Waals surface area contributed by atoms with Crippen molar-refractivity contribution in [3.8, 4) is 0 Å². The van der Waals surface area contributed by atoms with Crippen molar-refractivity contribution >= 4 is 17.3 Å². The summed E-state index contributed by atoms with van der Waals surface area (Å²) in [5, 5.41) is 3.17. The summed E-state index contributed by atoms with van der Waals surface area (Å²) in [7, 11) is 1.39. The smallest absolute Gasteiger partial charge is 0.328 e. The molecule has 0 saturated heterocycles. The van der Waals surface area contributed by atoms with Gasteiger partial charge in [-0.25, -0.2) is 4.79 Å². The number of esters is 1. The molecule has 0 fully saturated rings. The minimum absolute atomic E-state index is 0.126. The predicted octanol–water partition coefficient (Wildman–Crippen LogP) is 2.19. The molecule has 0 heterocycles. The van der Waals surface area contributed by atoms with Crippen molar-refractivity contribution in [3.63, 3.8) is 0 Å². The number of aryl methyl sites for hydroxylation is 1. The first-order valence-electron chi connectivity index (χ1n) is 5.66. The van der Waals surface area contributed by atoms with Crippen LogP contribution in [0.2, 0.25) is 0 Å². The van der Waals surface area contributed by atoms with Crippen LogP contribution in [0.25, 0.3) is 0 Å². The summed E-state index contributed by atoms with van der Waals surface area (Å²) in [5.74, 6) is -0.149. The molecule has 94 valence electrons. The second kappa shape index (κ2) is 5.57. The molecule has 1 unspecified atom stereocenters. The van der Waals surface area contributed by atoms with Gasteiger partial charge in [0.15, 0.2) is 0 Å². The van der Waals surface area contributed by atoms with Gasteiger partial charge in [-0.2, -0.15) is 0 Å². The van der Waals surface area contributed by atoms with Gasteiger partial charge in [-0.3, -0.25) is 0 Å². The van der Waals surface area contributed by atoms with E-state index in [2.05, 4.69) is 5.32 Å². The summed E-state index contributed by atoms with van der Waals surface area (Å²) in [6.45, 7) is 5.87. The lowest BCUT2D eigenvalue weighted by molar-refractivity contribution is -0.142. The highest BCUT2D eigenvalue weighted by molar-refractivity contribution is 5.82. The molecule has 1 rings (SSSR count). The number of hydrogen-bond acceptors (Lipinski definition) is 4. The Labute approximate surface area is 102 Å². The Kier molecular flexibility index (Phi) is 4.37. The molecule has 0 saturated carbocycles. The summed E-state index contributed by atoms with van der Waals surface area (Å²) >= 11 is 0. The van der Waals surface area contributed by atoms with Crippen LogP contribution in [0.5, 0.6) is 0 Å². The van der Waals surface area contributed by atoms with Gasteiger partial charge in [-0.05, 0) is 24.5 Å². The van der Waals surface area contributed by atoms with Crippen LogP contribution in [0.1, 0.15) is 19.4 Å². The second-order valence-corrected chi connectivity index (χ2v) is 4.43. The average Bonchev–Trinajstić information content (AvgIpc) is 2.27. The van der Waals surface area contributed by atoms with Gasteiger partial charge < -0.3 is 15.8 Å². The third-order valence-corrected chi connectivity index (χ3v) is 2.73. The first-order valence-corrected chi connectivity index (χ1v) is 5.66. The minimum Gasteiger partial charge on any atom is -0.467 e. The Morgan fingerprint density at radius 2 is 2.06 bits per heavy atom. The van der Waals surface area contributed by atoms with Crippen LogP contribution in [0.4, 0.5) is 11.4 Å². The molecule has 4 heteroatoms. The first kappa shape index (κ1) is 13.4. The molecule has 0 aromatic heterocycles. The van der Waals surface area contributed by atoms with Crippen LogP contribution in [0, 0.1) is 12.8 Å². The molecular weight excluding hydrogens is 216 g/mol. The molecule has 0 aliphatic heterocycles. The normalized spacial score (nSPS) is 12.3. The van der Waals surface area contributed by atoms with E-state index in [1.165, 1.54) is 7.11 Å². The molecule has 0 aliphatic rings. The minimum atomic E-state index is -0.386. The zero-order valence-corrected chi connectivity index (χ0v) is 10.8. The molecule has 1 aromatic carbocycles. The van der Waals surface area contributed by atoms with Crippen LogP contribution >= 0.6 is 0 Å². The van der Waals surface area contributed by atoms with Gasteiger partial charge in [0, 0.05) is 0 Å². The van der Waals surface area contributed by atoms with Crippen molar-refractivity contribution in [1.82, 2.24) is 0 Å². The maximum Gasteiger partial charge on any atom is 0.328 e. The number of nitrogens with two attached hydrogens (primary N) is 1. The standard InChI is InChI=1S/C13H20N2O2/c1-8(2)11(13(16)17-4)15-12-9(3)6-5-7-10(12)14/h5-8,11,15H,14H2,1-4H3. The van der Waals surface area contributed by atoms with Crippen molar-refractivity contribution in [1.29, 1.82) is 0 Å². The number of nitrogen functional groups attached to an aromatic ring is 1. The average molecular weight is 236 g/mol. The fraction of sp³-hybridized carbons (Fsp3) is 0.462. The van der Waals surface area contributed by atoms with Gasteiger partial charge in [-0.15, -0.1) is 0 Å². The van der Waals surface area contributed by atoms with Gasteiger partial charge in [0.25, 0.3) is 0 Å². The molecule has 17 heavy (non-hydrogen) atoms. The van der Waals surface area contributed by atoms with Gasteiger partial charge in [0.05, 0.1) is 18.5 Å². The van der Waals surface area contributed by atoms with Gasteiger partial charge in [0.1, 0.15) is 6.04 Å². The highest BCUT2D eigenvalue weighted by atomic mass is 16.5. The molecular formula is C13H20N2O2. The Balaban J connectivity index is 2.98. The lowest BCUT2D eigenvalue weighted by atomic mass is 10.0. The molecule has 1 atom stereocenters. The van der Waals surface area contributed by atoms with Gasteiger partial charge in [-0.1, -0.05) is 26.0 Å². The van der Waals surface area contributed by atoms with Crippen molar-refractivity contribution in [2.45, 2.75) is 26.8 Å². The number of carbonyl (C=O) groups is 1. The predicted molar refractivity (Wildman–Crippen MR) is 69.9 cm³/mol. The van der Waals surface area contributed by atoms with E-state index in [-0.39, 0.29) is 17.9 Å². The van der Waals surface area contributed by atoms with Crippen LogP contribution in [-0.4, -0.2) is 19.1 Å². The summed E-state index contributed by atoms with van der Waals surface area (Å²) in [4.78, 5) is 11.7. The topological polar surface area (TPSA) is 64.3 Å². The van der Waals surface area contributed by atoms with E-state index >= 15 is 0 Å². The van der Waals surface area contributed by atoms with E-state index in [0.29, 0.717) is 5.69 Å². The van der Waals surface area contributed by atoms with E-state index in [4.69, 9.17) is 10.5 Å². The van der Waals surface area contributed by atoms with E-state index < -0.39 is 0 Å². The van der Waals surface area contributed by atoms with Crippen molar-refractivity contribution in [3.05, 3.63) is 23.8 Å². The SMILES string of the molecule is COC(=O)C(Nc1c(C)cccc1N)C(C)C. The van der Waals surface area contributed by atoms with E-state index in [9.17, 15) is 4.79 Å². The summed E-state index contributed by atoms with van der Waals surface area (Å²) in [6, 6.07) is 5.26. The highest BCUT2D eigenvalue weighted by Crippen LogP contribution is 2.25. The first-order chi connectivity index (χ1) is 7.97. The lowest BCUT2D eigenvalue weighted by Gasteiger charge is -2.23. The maximum absolute atomic E-state index is 11.7. The third-order valence-electron chi connectivity index (χ3n) is 2.73. The Hall–Kier alpha value is -1.71. The number of para-hydroxylation sites is 1. The zero-order chi connectivity index (χ0) is 13.0. The fourth-order valence-electron chi connectivity index (χ4n) is 1.67. The molecule has 4 nitrogen and oxygen atoms in total. The number of methoxy groups -OCH3 is 1. The van der Waals surface area contributed by atoms with Gasteiger partial charge in [0.2, 0.25) is 0 Å². The van der Waals surface area contributed by atoms with E-state index in [0.717, 1.165) is 11.3 Å². The molecule has 0 bridgehead atoms. The van der Waals surface area contributed by atoms with Crippen molar-refractivity contribution < 1.29 is 9.53 Å². The maximum atomic E-state index is 11.7. The second-order valence-electron chi connectivity index (χ2n) is 4.43. The Morgan fingerprint density at radius 1 is 1.41 bits per heavy atom.